The third-order valence-corrected chi connectivity index (χ3v) is 4.26. The molecule has 2 aromatic rings. The molecule has 26 heavy (non-hydrogen) atoms. The van der Waals surface area contributed by atoms with Gasteiger partial charge >= 0.3 is 5.69 Å². The van der Waals surface area contributed by atoms with Crippen molar-refractivity contribution in [1.29, 1.82) is 0 Å². The van der Waals surface area contributed by atoms with E-state index in [1.165, 1.54) is 6.07 Å². The Balaban J connectivity index is 1.67. The maximum atomic E-state index is 11.3. The molecule has 3 rings (SSSR count). The summed E-state index contributed by atoms with van der Waals surface area (Å²) < 4.78 is 5.31. The van der Waals surface area contributed by atoms with Crippen molar-refractivity contribution < 1.29 is 9.66 Å². The van der Waals surface area contributed by atoms with Crippen LogP contribution in [0.4, 0.5) is 23.0 Å². The summed E-state index contributed by atoms with van der Waals surface area (Å²) in [7, 11) is 0. The van der Waals surface area contributed by atoms with Crippen LogP contribution in [0.1, 0.15) is 0 Å². The molecule has 138 valence electrons. The SMILES string of the molecule is O=[N+]([O-])c1ccc(Nc2ccc(Cl)cc2)nc1NCCN1CCOCC1. The normalized spacial score (nSPS) is 14.8. The second-order valence-corrected chi connectivity index (χ2v) is 6.27. The number of anilines is 3. The summed E-state index contributed by atoms with van der Waals surface area (Å²) in [5.74, 6) is 0.772. The molecule has 8 nitrogen and oxygen atoms in total. The predicted octanol–water partition coefficient (Wildman–Crippen LogP) is 3.13. The summed E-state index contributed by atoms with van der Waals surface area (Å²) >= 11 is 5.88. The Kier molecular flexibility index (Phi) is 6.21. The molecule has 1 fully saturated rings. The molecule has 0 aliphatic carbocycles. The minimum absolute atomic E-state index is 0.0476. The summed E-state index contributed by atoms with van der Waals surface area (Å²) in [6, 6.07) is 10.2. The van der Waals surface area contributed by atoms with Crippen molar-refractivity contribution in [3.63, 3.8) is 0 Å². The van der Waals surface area contributed by atoms with E-state index in [0.717, 1.165) is 38.5 Å². The fraction of sp³-hybridized carbons (Fsp3) is 0.353. The van der Waals surface area contributed by atoms with Crippen LogP contribution in [0.2, 0.25) is 5.02 Å². The summed E-state index contributed by atoms with van der Waals surface area (Å²) in [6.45, 7) is 4.53. The van der Waals surface area contributed by atoms with Gasteiger partial charge in [-0.05, 0) is 30.3 Å². The van der Waals surface area contributed by atoms with E-state index in [0.29, 0.717) is 17.4 Å². The van der Waals surface area contributed by atoms with Gasteiger partial charge in [0.15, 0.2) is 0 Å². The van der Waals surface area contributed by atoms with E-state index in [-0.39, 0.29) is 11.5 Å². The van der Waals surface area contributed by atoms with Gasteiger partial charge in [0.2, 0.25) is 5.82 Å². The van der Waals surface area contributed by atoms with Gasteiger partial charge in [-0.3, -0.25) is 15.0 Å². The van der Waals surface area contributed by atoms with E-state index < -0.39 is 4.92 Å². The van der Waals surface area contributed by atoms with E-state index in [9.17, 15) is 10.1 Å². The summed E-state index contributed by atoms with van der Waals surface area (Å²) in [5, 5.41) is 18.1. The molecule has 0 bridgehead atoms. The first-order chi connectivity index (χ1) is 12.6. The monoisotopic (exact) mass is 377 g/mol. The molecule has 2 N–H and O–H groups in total. The van der Waals surface area contributed by atoms with Gasteiger partial charge in [-0.15, -0.1) is 0 Å². The number of nitrogens with one attached hydrogen (secondary N) is 2. The molecule has 0 unspecified atom stereocenters. The van der Waals surface area contributed by atoms with Crippen molar-refractivity contribution in [3.8, 4) is 0 Å². The van der Waals surface area contributed by atoms with Crippen molar-refractivity contribution in [2.75, 3.05) is 50.0 Å². The number of ether oxygens (including phenoxy) is 1. The standard InChI is InChI=1S/C17H20ClN5O3/c18-13-1-3-14(4-2-13)20-16-6-5-15(23(24)25)17(21-16)19-7-8-22-9-11-26-12-10-22/h1-6H,7-12H2,(H2,19,20,21). The topological polar surface area (TPSA) is 92.6 Å². The Morgan fingerprint density at radius 2 is 1.92 bits per heavy atom. The number of hydrogen-bond donors (Lipinski definition) is 2. The lowest BCUT2D eigenvalue weighted by atomic mass is 10.3. The molecule has 0 radical (unpaired) electrons. The number of rotatable bonds is 7. The van der Waals surface area contributed by atoms with Crippen molar-refractivity contribution in [1.82, 2.24) is 9.88 Å². The van der Waals surface area contributed by atoms with E-state index in [4.69, 9.17) is 16.3 Å². The van der Waals surface area contributed by atoms with Crippen molar-refractivity contribution in [3.05, 3.63) is 51.5 Å². The molecule has 1 aliphatic rings. The number of morpholine rings is 1. The molecule has 9 heteroatoms. The molecule has 2 heterocycles. The maximum Gasteiger partial charge on any atom is 0.311 e. The van der Waals surface area contributed by atoms with Crippen LogP contribution in [0.25, 0.3) is 0 Å². The number of halogens is 1. The largest absolute Gasteiger partial charge is 0.379 e. The molecule has 0 amide bonds. The number of aromatic nitrogens is 1. The Morgan fingerprint density at radius 3 is 2.62 bits per heavy atom. The number of hydrogen-bond acceptors (Lipinski definition) is 7. The predicted molar refractivity (Wildman–Crippen MR) is 101 cm³/mol. The number of nitro groups is 1. The van der Waals surface area contributed by atoms with Crippen molar-refractivity contribution >= 4 is 34.6 Å². The highest BCUT2D eigenvalue weighted by atomic mass is 35.5. The zero-order valence-corrected chi connectivity index (χ0v) is 14.9. The van der Waals surface area contributed by atoms with Gasteiger partial charge in [0, 0.05) is 43.0 Å². The summed E-state index contributed by atoms with van der Waals surface area (Å²) in [6.07, 6.45) is 0. The lowest BCUT2D eigenvalue weighted by Gasteiger charge is -2.26. The molecular formula is C17H20ClN5O3. The molecule has 1 aromatic heterocycles. The first kappa shape index (κ1) is 18.4. The first-order valence-corrected chi connectivity index (χ1v) is 8.71. The number of pyridine rings is 1. The summed E-state index contributed by atoms with van der Waals surface area (Å²) in [4.78, 5) is 17.4. The van der Waals surface area contributed by atoms with Gasteiger partial charge in [0.05, 0.1) is 18.1 Å². The fourth-order valence-electron chi connectivity index (χ4n) is 2.64. The summed E-state index contributed by atoms with van der Waals surface area (Å²) in [5.41, 5.74) is 0.753. The molecule has 0 atom stereocenters. The Hall–Kier alpha value is -2.42. The van der Waals surface area contributed by atoms with Crippen LogP contribution >= 0.6 is 11.6 Å². The molecular weight excluding hydrogens is 358 g/mol. The van der Waals surface area contributed by atoms with E-state index >= 15 is 0 Å². The third-order valence-electron chi connectivity index (χ3n) is 4.01. The van der Waals surface area contributed by atoms with Crippen LogP contribution in [-0.2, 0) is 4.74 Å². The van der Waals surface area contributed by atoms with Crippen LogP contribution in [0.5, 0.6) is 0 Å². The molecule has 1 saturated heterocycles. The van der Waals surface area contributed by atoms with E-state index in [1.54, 1.807) is 18.2 Å². The molecule has 0 spiro atoms. The first-order valence-electron chi connectivity index (χ1n) is 8.34. The Bertz CT molecular complexity index is 751. The Morgan fingerprint density at radius 1 is 1.19 bits per heavy atom. The average molecular weight is 378 g/mol. The minimum atomic E-state index is -0.434. The number of nitrogens with zero attached hydrogens (tertiary/aromatic N) is 3. The van der Waals surface area contributed by atoms with Gasteiger partial charge in [-0.1, -0.05) is 11.6 Å². The zero-order valence-electron chi connectivity index (χ0n) is 14.2. The fourth-order valence-corrected chi connectivity index (χ4v) is 2.76. The van der Waals surface area contributed by atoms with Gasteiger partial charge in [-0.2, -0.15) is 0 Å². The molecule has 1 aromatic carbocycles. The molecule has 0 saturated carbocycles. The van der Waals surface area contributed by atoms with Crippen LogP contribution < -0.4 is 10.6 Å². The smallest absolute Gasteiger partial charge is 0.311 e. The highest BCUT2D eigenvalue weighted by Gasteiger charge is 2.17. The third kappa shape index (κ3) is 5.04. The lowest BCUT2D eigenvalue weighted by molar-refractivity contribution is -0.384. The highest BCUT2D eigenvalue weighted by Crippen LogP contribution is 2.26. The van der Waals surface area contributed by atoms with Crippen LogP contribution in [0.3, 0.4) is 0 Å². The molecule has 1 aliphatic heterocycles. The van der Waals surface area contributed by atoms with Crippen LogP contribution in [0.15, 0.2) is 36.4 Å². The van der Waals surface area contributed by atoms with Crippen LogP contribution in [-0.4, -0.2) is 54.2 Å². The maximum absolute atomic E-state index is 11.3. The van der Waals surface area contributed by atoms with Gasteiger partial charge < -0.3 is 15.4 Å². The van der Waals surface area contributed by atoms with Crippen molar-refractivity contribution in [2.45, 2.75) is 0 Å². The highest BCUT2D eigenvalue weighted by molar-refractivity contribution is 6.30. The van der Waals surface area contributed by atoms with Gasteiger partial charge in [0.25, 0.3) is 0 Å². The van der Waals surface area contributed by atoms with Crippen molar-refractivity contribution in [2.24, 2.45) is 0 Å². The zero-order chi connectivity index (χ0) is 18.4. The minimum Gasteiger partial charge on any atom is -0.379 e. The number of benzene rings is 1. The van der Waals surface area contributed by atoms with Gasteiger partial charge in [-0.25, -0.2) is 4.98 Å². The lowest BCUT2D eigenvalue weighted by Crippen LogP contribution is -2.39. The second kappa shape index (κ2) is 8.79. The second-order valence-electron chi connectivity index (χ2n) is 5.83. The Labute approximate surface area is 156 Å². The quantitative estimate of drug-likeness (QED) is 0.565. The van der Waals surface area contributed by atoms with E-state index in [2.05, 4.69) is 20.5 Å². The van der Waals surface area contributed by atoms with E-state index in [1.807, 2.05) is 12.1 Å². The van der Waals surface area contributed by atoms with Gasteiger partial charge in [0.1, 0.15) is 5.82 Å². The van der Waals surface area contributed by atoms with Crippen LogP contribution in [0, 0.1) is 10.1 Å². The average Bonchev–Trinajstić information content (AvgIpc) is 2.64.